The molecule has 5 rings (SSSR count). The number of likely N-dealkylation sites (tertiary alicyclic amines) is 1. The van der Waals surface area contributed by atoms with E-state index in [0.717, 1.165) is 36.6 Å². The van der Waals surface area contributed by atoms with Crippen molar-refractivity contribution in [1.29, 1.82) is 0 Å². The molecule has 0 radical (unpaired) electrons. The van der Waals surface area contributed by atoms with Gasteiger partial charge in [-0.05, 0) is 47.4 Å². The molecule has 2 heterocycles. The van der Waals surface area contributed by atoms with Crippen LogP contribution in [0.3, 0.4) is 0 Å². The zero-order valence-corrected chi connectivity index (χ0v) is 14.5. The smallest absolute Gasteiger partial charge is 0.410 e. The van der Waals surface area contributed by atoms with Gasteiger partial charge in [-0.15, -0.1) is 0 Å². The Bertz CT molecular complexity index is 822. The third-order valence-corrected chi connectivity index (χ3v) is 5.85. The zero-order valence-electron chi connectivity index (χ0n) is 14.5. The highest BCUT2D eigenvalue weighted by molar-refractivity contribution is 5.68. The zero-order chi connectivity index (χ0) is 17.5. The van der Waals surface area contributed by atoms with E-state index in [9.17, 15) is 4.79 Å². The number of nitrogens with zero attached hydrogens (tertiary/aromatic N) is 1. The molecule has 5 heteroatoms. The molecule has 3 atom stereocenters. The average molecular weight is 351 g/mol. The summed E-state index contributed by atoms with van der Waals surface area (Å²) in [6, 6.07) is 16.0. The third kappa shape index (κ3) is 2.68. The van der Waals surface area contributed by atoms with Gasteiger partial charge in [-0.1, -0.05) is 36.4 Å². The summed E-state index contributed by atoms with van der Waals surface area (Å²) in [7, 11) is 0. The first-order valence-electron chi connectivity index (χ1n) is 9.13. The highest BCUT2D eigenvalue weighted by Crippen LogP contribution is 2.52. The maximum absolute atomic E-state index is 12.4. The topological polar surface area (TPSA) is 48.0 Å². The Balaban J connectivity index is 1.20. The average Bonchev–Trinajstić information content (AvgIpc) is 3.25. The molecule has 5 nitrogen and oxygen atoms in total. The molecule has 1 amide bonds. The summed E-state index contributed by atoms with van der Waals surface area (Å²) in [5.41, 5.74) is 2.30. The first-order chi connectivity index (χ1) is 12.8. The number of hydrogen-bond acceptors (Lipinski definition) is 4. The van der Waals surface area contributed by atoms with Gasteiger partial charge < -0.3 is 19.1 Å². The number of carbonyl (C=O) groups is 1. The lowest BCUT2D eigenvalue weighted by atomic mass is 9.64. The first-order valence-corrected chi connectivity index (χ1v) is 9.13. The van der Waals surface area contributed by atoms with Crippen LogP contribution in [-0.4, -0.2) is 30.9 Å². The van der Waals surface area contributed by atoms with E-state index >= 15 is 0 Å². The van der Waals surface area contributed by atoms with Crippen molar-refractivity contribution in [3.8, 4) is 11.5 Å². The fourth-order valence-corrected chi connectivity index (χ4v) is 4.39. The molecule has 2 fully saturated rings. The van der Waals surface area contributed by atoms with Crippen LogP contribution in [0, 0.1) is 11.8 Å². The maximum atomic E-state index is 12.4. The summed E-state index contributed by atoms with van der Waals surface area (Å²) in [4.78, 5) is 14.3. The lowest BCUT2D eigenvalue weighted by molar-refractivity contribution is 0.103. The number of hydrogen-bond donors (Lipinski definition) is 0. The Morgan fingerprint density at radius 2 is 1.92 bits per heavy atom. The van der Waals surface area contributed by atoms with Gasteiger partial charge in [0.05, 0.1) is 0 Å². The minimum absolute atomic E-state index is 0.201. The highest BCUT2D eigenvalue weighted by atomic mass is 16.7. The number of benzene rings is 2. The molecule has 1 saturated heterocycles. The number of amides is 1. The molecule has 134 valence electrons. The van der Waals surface area contributed by atoms with Gasteiger partial charge in [0.15, 0.2) is 11.5 Å². The lowest BCUT2D eigenvalue weighted by Crippen LogP contribution is -2.33. The summed E-state index contributed by atoms with van der Waals surface area (Å²) in [5, 5.41) is 0. The van der Waals surface area contributed by atoms with Crippen molar-refractivity contribution in [3.63, 3.8) is 0 Å². The Labute approximate surface area is 152 Å². The van der Waals surface area contributed by atoms with Crippen LogP contribution >= 0.6 is 0 Å². The van der Waals surface area contributed by atoms with Gasteiger partial charge >= 0.3 is 6.09 Å². The highest BCUT2D eigenvalue weighted by Gasteiger charge is 2.49. The second-order valence-electron chi connectivity index (χ2n) is 7.32. The van der Waals surface area contributed by atoms with Crippen LogP contribution in [0.4, 0.5) is 4.79 Å². The summed E-state index contributed by atoms with van der Waals surface area (Å²) < 4.78 is 16.4. The van der Waals surface area contributed by atoms with Crippen molar-refractivity contribution < 1.29 is 19.0 Å². The molecule has 0 bridgehead atoms. The molecular weight excluding hydrogens is 330 g/mol. The van der Waals surface area contributed by atoms with Gasteiger partial charge in [0, 0.05) is 13.1 Å². The van der Waals surface area contributed by atoms with Crippen molar-refractivity contribution in [2.24, 2.45) is 11.8 Å². The standard InChI is InChI=1S/C21H21NO4/c23-21(24-12-14-4-2-1-3-5-14)22-10-16-8-17(18(16)11-22)15-6-7-19-20(9-15)26-13-25-19/h1-7,9,16-18H,8,10-13H2/t16-,17-,18+/m1/s1. The Morgan fingerprint density at radius 1 is 1.08 bits per heavy atom. The van der Waals surface area contributed by atoms with Crippen LogP contribution in [-0.2, 0) is 11.3 Å². The number of fused-ring (bicyclic) bond motifs is 2. The predicted octanol–water partition coefficient (Wildman–Crippen LogP) is 3.79. The number of ether oxygens (including phenoxy) is 3. The molecular formula is C21H21NO4. The van der Waals surface area contributed by atoms with Gasteiger partial charge in [0.2, 0.25) is 6.79 Å². The monoisotopic (exact) mass is 351 g/mol. The Kier molecular flexibility index (Phi) is 3.73. The van der Waals surface area contributed by atoms with E-state index in [4.69, 9.17) is 14.2 Å². The van der Waals surface area contributed by atoms with Crippen LogP contribution < -0.4 is 9.47 Å². The minimum atomic E-state index is -0.201. The largest absolute Gasteiger partial charge is 0.454 e. The van der Waals surface area contributed by atoms with Gasteiger partial charge in [0.25, 0.3) is 0 Å². The van der Waals surface area contributed by atoms with Gasteiger partial charge in [0.1, 0.15) is 6.61 Å². The fourth-order valence-electron chi connectivity index (χ4n) is 4.39. The molecule has 1 saturated carbocycles. The molecule has 1 aliphatic carbocycles. The van der Waals surface area contributed by atoms with Crippen molar-refractivity contribution in [1.82, 2.24) is 4.90 Å². The molecule has 0 aromatic heterocycles. The van der Waals surface area contributed by atoms with E-state index in [1.165, 1.54) is 5.56 Å². The fraction of sp³-hybridized carbons (Fsp3) is 0.381. The minimum Gasteiger partial charge on any atom is -0.454 e. The van der Waals surface area contributed by atoms with Crippen LogP contribution in [0.5, 0.6) is 11.5 Å². The quantitative estimate of drug-likeness (QED) is 0.844. The van der Waals surface area contributed by atoms with E-state index in [-0.39, 0.29) is 6.09 Å². The maximum Gasteiger partial charge on any atom is 0.410 e. The lowest BCUT2D eigenvalue weighted by Gasteiger charge is -2.39. The second-order valence-corrected chi connectivity index (χ2v) is 7.32. The molecule has 2 aliphatic heterocycles. The van der Waals surface area contributed by atoms with Crippen molar-refractivity contribution in [3.05, 3.63) is 59.7 Å². The Hall–Kier alpha value is -2.69. The van der Waals surface area contributed by atoms with Crippen LogP contribution in [0.2, 0.25) is 0 Å². The summed E-state index contributed by atoms with van der Waals surface area (Å²) in [6.45, 7) is 2.21. The van der Waals surface area contributed by atoms with Crippen LogP contribution in [0.1, 0.15) is 23.5 Å². The number of rotatable bonds is 3. The summed E-state index contributed by atoms with van der Waals surface area (Å²) in [6.07, 6.45) is 0.917. The number of carbonyl (C=O) groups excluding carboxylic acids is 1. The van der Waals surface area contributed by atoms with Crippen LogP contribution in [0.25, 0.3) is 0 Å². The summed E-state index contributed by atoms with van der Waals surface area (Å²) in [5.74, 6) is 3.24. The predicted molar refractivity (Wildman–Crippen MR) is 95.1 cm³/mol. The Morgan fingerprint density at radius 3 is 2.81 bits per heavy atom. The molecule has 0 N–H and O–H groups in total. The van der Waals surface area contributed by atoms with E-state index in [0.29, 0.717) is 31.2 Å². The molecule has 2 aromatic rings. The molecule has 0 spiro atoms. The van der Waals surface area contributed by atoms with E-state index in [1.54, 1.807) is 0 Å². The van der Waals surface area contributed by atoms with Gasteiger partial charge in [-0.2, -0.15) is 0 Å². The van der Waals surface area contributed by atoms with E-state index in [2.05, 4.69) is 12.1 Å². The van der Waals surface area contributed by atoms with Crippen molar-refractivity contribution in [2.75, 3.05) is 19.9 Å². The van der Waals surface area contributed by atoms with Gasteiger partial charge in [-0.3, -0.25) is 0 Å². The van der Waals surface area contributed by atoms with Crippen molar-refractivity contribution >= 4 is 6.09 Å². The molecule has 2 aromatic carbocycles. The molecule has 3 aliphatic rings. The first kappa shape index (κ1) is 15.6. The third-order valence-electron chi connectivity index (χ3n) is 5.85. The van der Waals surface area contributed by atoms with E-state index in [1.807, 2.05) is 41.3 Å². The van der Waals surface area contributed by atoms with Gasteiger partial charge in [-0.25, -0.2) is 4.79 Å². The summed E-state index contributed by atoms with van der Waals surface area (Å²) >= 11 is 0. The normalized spacial score (nSPS) is 25.5. The van der Waals surface area contributed by atoms with Crippen LogP contribution in [0.15, 0.2) is 48.5 Å². The van der Waals surface area contributed by atoms with E-state index < -0.39 is 0 Å². The second kappa shape index (κ2) is 6.24. The SMILES string of the molecule is O=C(OCc1ccccc1)N1C[C@H]2C[C@H](c3ccc4c(c3)OCO4)[C@H]2C1. The van der Waals surface area contributed by atoms with Crippen molar-refractivity contribution in [2.45, 2.75) is 18.9 Å². The molecule has 0 unspecified atom stereocenters. The molecule has 26 heavy (non-hydrogen) atoms.